The fourth-order valence-corrected chi connectivity index (χ4v) is 4.00. The summed E-state index contributed by atoms with van der Waals surface area (Å²) in [6.07, 6.45) is 5.11. The predicted octanol–water partition coefficient (Wildman–Crippen LogP) is 3.77. The molecule has 0 spiro atoms. The molecule has 2 aliphatic rings. The van der Waals surface area contributed by atoms with Crippen molar-refractivity contribution in [1.29, 1.82) is 0 Å². The Morgan fingerprint density at radius 3 is 2.75 bits per heavy atom. The summed E-state index contributed by atoms with van der Waals surface area (Å²) in [6.45, 7) is 0. The van der Waals surface area contributed by atoms with Gasteiger partial charge in [-0.05, 0) is 48.7 Å². The highest BCUT2D eigenvalue weighted by Gasteiger charge is 2.52. The maximum Gasteiger partial charge on any atom is 0.230 e. The van der Waals surface area contributed by atoms with Crippen LogP contribution in [0.2, 0.25) is 5.02 Å². The number of amides is 1. The van der Waals surface area contributed by atoms with Crippen LogP contribution >= 0.6 is 11.6 Å². The molecule has 4 atom stereocenters. The van der Waals surface area contributed by atoms with Gasteiger partial charge in [0.25, 0.3) is 0 Å². The number of rotatable bonds is 3. The van der Waals surface area contributed by atoms with E-state index in [2.05, 4.69) is 10.3 Å². The summed E-state index contributed by atoms with van der Waals surface area (Å²) in [5, 5.41) is 3.06. The second-order valence-corrected chi connectivity index (χ2v) is 6.67. The molecule has 4 rings (SSSR count). The molecule has 0 saturated carbocycles. The summed E-state index contributed by atoms with van der Waals surface area (Å²) in [7, 11) is 0. The topological polar surface area (TPSA) is 51.2 Å². The van der Waals surface area contributed by atoms with Crippen molar-refractivity contribution in [2.45, 2.75) is 31.0 Å². The Labute approximate surface area is 144 Å². The first-order chi connectivity index (χ1) is 11.6. The van der Waals surface area contributed by atoms with E-state index in [1.54, 1.807) is 12.4 Å². The van der Waals surface area contributed by atoms with Crippen LogP contribution in [0.25, 0.3) is 0 Å². The number of nitrogens with zero attached hydrogens (tertiary/aromatic N) is 1. The first-order valence-electron chi connectivity index (χ1n) is 7.95. The van der Waals surface area contributed by atoms with Gasteiger partial charge < -0.3 is 10.1 Å². The summed E-state index contributed by atoms with van der Waals surface area (Å²) >= 11 is 5.90. The zero-order valence-electron chi connectivity index (χ0n) is 12.8. The zero-order valence-corrected chi connectivity index (χ0v) is 13.5. The largest absolute Gasteiger partial charge is 0.373 e. The third kappa shape index (κ3) is 2.68. The Morgan fingerprint density at radius 1 is 1.21 bits per heavy atom. The molecule has 1 amide bonds. The average molecular weight is 347 g/mol. The summed E-state index contributed by atoms with van der Waals surface area (Å²) in [6, 6.07) is 7.94. The fraction of sp³-hybridized carbons (Fsp3) is 0.333. The highest BCUT2D eigenvalue weighted by molar-refractivity contribution is 6.30. The van der Waals surface area contributed by atoms with Gasteiger partial charge in [0.2, 0.25) is 5.91 Å². The highest BCUT2D eigenvalue weighted by atomic mass is 35.5. The second-order valence-electron chi connectivity index (χ2n) is 6.24. The number of nitrogens with one attached hydrogen (secondary N) is 1. The third-order valence-corrected chi connectivity index (χ3v) is 5.09. The van der Waals surface area contributed by atoms with Crippen LogP contribution in [0.4, 0.5) is 10.1 Å². The lowest BCUT2D eigenvalue weighted by molar-refractivity contribution is -0.121. The van der Waals surface area contributed by atoms with Crippen LogP contribution in [0.5, 0.6) is 0 Å². The van der Waals surface area contributed by atoms with E-state index in [0.717, 1.165) is 18.4 Å². The predicted molar refractivity (Wildman–Crippen MR) is 88.4 cm³/mol. The SMILES string of the molecule is O=C(Nc1cc(Cl)ccc1F)[C@H]1[C@H](c2ccncc2)[C@@H]2CC[C@H]1O2. The summed E-state index contributed by atoms with van der Waals surface area (Å²) in [5.74, 6) is -1.11. The molecular weight excluding hydrogens is 331 g/mol. The van der Waals surface area contributed by atoms with Gasteiger partial charge in [0, 0.05) is 23.3 Å². The van der Waals surface area contributed by atoms with Gasteiger partial charge in [-0.2, -0.15) is 0 Å². The van der Waals surface area contributed by atoms with Gasteiger partial charge in [-0.3, -0.25) is 9.78 Å². The van der Waals surface area contributed by atoms with E-state index in [9.17, 15) is 9.18 Å². The number of benzene rings is 1. The molecule has 2 saturated heterocycles. The molecule has 124 valence electrons. The van der Waals surface area contributed by atoms with E-state index in [1.165, 1.54) is 18.2 Å². The van der Waals surface area contributed by atoms with Crippen molar-refractivity contribution in [2.75, 3.05) is 5.32 Å². The molecule has 1 aromatic heterocycles. The van der Waals surface area contributed by atoms with Gasteiger partial charge in [-0.25, -0.2) is 4.39 Å². The van der Waals surface area contributed by atoms with E-state index in [1.807, 2.05) is 12.1 Å². The van der Waals surface area contributed by atoms with E-state index in [4.69, 9.17) is 16.3 Å². The van der Waals surface area contributed by atoms with Crippen molar-refractivity contribution in [3.8, 4) is 0 Å². The number of anilines is 1. The van der Waals surface area contributed by atoms with Crippen LogP contribution in [0.3, 0.4) is 0 Å². The summed E-state index contributed by atoms with van der Waals surface area (Å²) in [5.41, 5.74) is 1.13. The van der Waals surface area contributed by atoms with Crippen LogP contribution in [-0.2, 0) is 9.53 Å². The third-order valence-electron chi connectivity index (χ3n) is 4.85. The van der Waals surface area contributed by atoms with Gasteiger partial charge in [-0.15, -0.1) is 0 Å². The van der Waals surface area contributed by atoms with E-state index >= 15 is 0 Å². The van der Waals surface area contributed by atoms with E-state index in [0.29, 0.717) is 5.02 Å². The maximum atomic E-state index is 13.9. The van der Waals surface area contributed by atoms with Crippen LogP contribution in [0.1, 0.15) is 24.3 Å². The van der Waals surface area contributed by atoms with Gasteiger partial charge in [0.05, 0.1) is 23.8 Å². The number of aromatic nitrogens is 1. The standard InChI is InChI=1S/C18H16ClFN2O2/c19-11-1-2-12(20)13(9-11)22-18(23)17-15-4-3-14(24-15)16(17)10-5-7-21-8-6-10/h1-2,5-9,14-17H,3-4H2,(H,22,23)/t14-,15+,16+,17+/m0/s1. The van der Waals surface area contributed by atoms with Gasteiger partial charge in [0.1, 0.15) is 5.82 Å². The molecule has 0 radical (unpaired) electrons. The minimum absolute atomic E-state index is 0.0253. The molecule has 1 N–H and O–H groups in total. The van der Waals surface area contributed by atoms with Crippen LogP contribution in [-0.4, -0.2) is 23.1 Å². The Morgan fingerprint density at radius 2 is 1.96 bits per heavy atom. The number of hydrogen-bond donors (Lipinski definition) is 1. The molecule has 2 bridgehead atoms. The Hall–Kier alpha value is -1.98. The van der Waals surface area contributed by atoms with Crippen molar-refractivity contribution in [2.24, 2.45) is 5.92 Å². The quantitative estimate of drug-likeness (QED) is 0.920. The van der Waals surface area contributed by atoms with Gasteiger partial charge >= 0.3 is 0 Å². The Balaban J connectivity index is 1.61. The maximum absolute atomic E-state index is 13.9. The second kappa shape index (κ2) is 6.15. The molecule has 4 nitrogen and oxygen atoms in total. The first kappa shape index (κ1) is 15.5. The molecule has 2 aliphatic heterocycles. The highest BCUT2D eigenvalue weighted by Crippen LogP contribution is 2.49. The first-order valence-corrected chi connectivity index (χ1v) is 8.32. The van der Waals surface area contributed by atoms with E-state index in [-0.39, 0.29) is 35.6 Å². The lowest BCUT2D eigenvalue weighted by Gasteiger charge is -2.27. The van der Waals surface area contributed by atoms with Crippen LogP contribution in [0, 0.1) is 11.7 Å². The number of carbonyl (C=O) groups is 1. The number of hydrogen-bond acceptors (Lipinski definition) is 3. The monoisotopic (exact) mass is 346 g/mol. The fourth-order valence-electron chi connectivity index (χ4n) is 3.83. The molecule has 2 fully saturated rings. The van der Waals surface area contributed by atoms with Gasteiger partial charge in [-0.1, -0.05) is 11.6 Å². The summed E-state index contributed by atoms with van der Waals surface area (Å²) < 4.78 is 19.9. The molecule has 24 heavy (non-hydrogen) atoms. The van der Waals surface area contributed by atoms with Crippen molar-refractivity contribution >= 4 is 23.2 Å². The normalized spacial score (nSPS) is 28.1. The van der Waals surface area contributed by atoms with E-state index < -0.39 is 5.82 Å². The average Bonchev–Trinajstić information content (AvgIpc) is 3.20. The number of ether oxygens (including phenoxy) is 1. The van der Waals surface area contributed by atoms with Crippen molar-refractivity contribution in [3.63, 3.8) is 0 Å². The number of carbonyl (C=O) groups excluding carboxylic acids is 1. The lowest BCUT2D eigenvalue weighted by atomic mass is 9.75. The van der Waals surface area contributed by atoms with Crippen LogP contribution in [0.15, 0.2) is 42.7 Å². The molecule has 0 unspecified atom stereocenters. The molecule has 3 heterocycles. The minimum Gasteiger partial charge on any atom is -0.373 e. The minimum atomic E-state index is -0.503. The van der Waals surface area contributed by atoms with Crippen molar-refractivity contribution in [3.05, 3.63) is 59.1 Å². The molecule has 1 aromatic carbocycles. The number of fused-ring (bicyclic) bond motifs is 2. The summed E-state index contributed by atoms with van der Waals surface area (Å²) in [4.78, 5) is 16.9. The molecule has 2 aromatic rings. The number of pyridine rings is 1. The zero-order chi connectivity index (χ0) is 16.7. The van der Waals surface area contributed by atoms with Crippen molar-refractivity contribution in [1.82, 2.24) is 4.98 Å². The number of halogens is 2. The Bertz CT molecular complexity index is 771. The molecule has 0 aliphatic carbocycles. The molecule has 6 heteroatoms. The lowest BCUT2D eigenvalue weighted by Crippen LogP contribution is -2.36. The smallest absolute Gasteiger partial charge is 0.230 e. The van der Waals surface area contributed by atoms with Crippen LogP contribution < -0.4 is 5.32 Å². The Kier molecular flexibility index (Phi) is 3.98. The molecular formula is C18H16ClFN2O2. The van der Waals surface area contributed by atoms with Crippen molar-refractivity contribution < 1.29 is 13.9 Å². The van der Waals surface area contributed by atoms with Gasteiger partial charge in [0.15, 0.2) is 0 Å².